The highest BCUT2D eigenvalue weighted by molar-refractivity contribution is 7.16. The minimum Gasteiger partial charge on any atom is -0.333 e. The monoisotopic (exact) mass is 388 g/mol. The summed E-state index contributed by atoms with van der Waals surface area (Å²) >= 11 is 7.49. The van der Waals surface area contributed by atoms with Gasteiger partial charge in [0.15, 0.2) is 0 Å². The van der Waals surface area contributed by atoms with Gasteiger partial charge >= 0.3 is 0 Å². The standard InChI is InChI=1S/C20H22ClN3OS/c1-24(13-14-6-8-15(21)9-7-14)11-10-19(25)23-20-17(12-22)16-4-2-3-5-18(16)26-20/h6-9H,2-5,10-11,13H2,1H3,(H,23,25)/p+1. The van der Waals surface area contributed by atoms with Crippen LogP contribution in [-0.2, 0) is 24.2 Å². The Kier molecular flexibility index (Phi) is 6.31. The van der Waals surface area contributed by atoms with E-state index in [0.29, 0.717) is 12.0 Å². The second kappa shape index (κ2) is 8.68. The van der Waals surface area contributed by atoms with Crippen molar-refractivity contribution < 1.29 is 9.69 Å². The van der Waals surface area contributed by atoms with E-state index in [1.165, 1.54) is 21.8 Å². The molecule has 136 valence electrons. The highest BCUT2D eigenvalue weighted by Crippen LogP contribution is 2.37. The lowest BCUT2D eigenvalue weighted by molar-refractivity contribution is -0.893. The van der Waals surface area contributed by atoms with Crippen molar-refractivity contribution in [2.24, 2.45) is 0 Å². The molecule has 1 amide bonds. The molecule has 1 aromatic carbocycles. The second-order valence-electron chi connectivity index (χ2n) is 6.84. The number of fused-ring (bicyclic) bond motifs is 1. The van der Waals surface area contributed by atoms with E-state index in [0.717, 1.165) is 47.9 Å². The van der Waals surface area contributed by atoms with E-state index in [4.69, 9.17) is 11.6 Å². The highest BCUT2D eigenvalue weighted by atomic mass is 35.5. The molecule has 6 heteroatoms. The Morgan fingerprint density at radius 2 is 2.04 bits per heavy atom. The Balaban J connectivity index is 1.53. The number of carbonyl (C=O) groups excluding carboxylic acids is 1. The number of hydrogen-bond acceptors (Lipinski definition) is 3. The van der Waals surface area contributed by atoms with Gasteiger partial charge in [0.2, 0.25) is 5.91 Å². The molecule has 1 aliphatic carbocycles. The number of anilines is 1. The third-order valence-corrected chi connectivity index (χ3v) is 6.19. The average Bonchev–Trinajstić information content (AvgIpc) is 2.99. The average molecular weight is 389 g/mol. The Morgan fingerprint density at radius 1 is 1.31 bits per heavy atom. The lowest BCUT2D eigenvalue weighted by Crippen LogP contribution is -3.07. The van der Waals surface area contributed by atoms with Gasteiger partial charge in [-0.2, -0.15) is 5.26 Å². The Labute approximate surface area is 163 Å². The number of nitrogens with one attached hydrogen (secondary N) is 2. The van der Waals surface area contributed by atoms with Crippen LogP contribution in [0.5, 0.6) is 0 Å². The first-order valence-corrected chi connectivity index (χ1v) is 10.2. The Bertz CT molecular complexity index is 823. The van der Waals surface area contributed by atoms with Crippen molar-refractivity contribution in [3.63, 3.8) is 0 Å². The number of thiophene rings is 1. The molecule has 2 aromatic rings. The fourth-order valence-electron chi connectivity index (χ4n) is 3.33. The molecule has 0 radical (unpaired) electrons. The van der Waals surface area contributed by atoms with E-state index in [-0.39, 0.29) is 5.91 Å². The molecule has 1 atom stereocenters. The van der Waals surface area contributed by atoms with Crippen LogP contribution >= 0.6 is 22.9 Å². The zero-order chi connectivity index (χ0) is 18.5. The van der Waals surface area contributed by atoms with Gasteiger partial charge in [0, 0.05) is 15.5 Å². The quantitative estimate of drug-likeness (QED) is 0.798. The van der Waals surface area contributed by atoms with Crippen LogP contribution in [0.4, 0.5) is 5.00 Å². The number of amides is 1. The number of aryl methyl sites for hydroxylation is 1. The predicted octanol–water partition coefficient (Wildman–Crippen LogP) is 3.20. The van der Waals surface area contributed by atoms with Crippen LogP contribution in [-0.4, -0.2) is 19.5 Å². The molecule has 4 nitrogen and oxygen atoms in total. The summed E-state index contributed by atoms with van der Waals surface area (Å²) in [5.74, 6) is -0.0180. The maximum absolute atomic E-state index is 12.4. The number of carbonyl (C=O) groups is 1. The summed E-state index contributed by atoms with van der Waals surface area (Å²) in [6.07, 6.45) is 4.72. The van der Waals surface area contributed by atoms with Gasteiger partial charge in [-0.25, -0.2) is 0 Å². The van der Waals surface area contributed by atoms with E-state index in [1.807, 2.05) is 24.3 Å². The van der Waals surface area contributed by atoms with Gasteiger partial charge in [-0.05, 0) is 43.4 Å². The van der Waals surface area contributed by atoms with E-state index in [2.05, 4.69) is 18.4 Å². The minimum atomic E-state index is -0.0180. The van der Waals surface area contributed by atoms with E-state index in [1.54, 1.807) is 11.3 Å². The fraction of sp³-hybridized carbons (Fsp3) is 0.400. The molecule has 3 rings (SSSR count). The van der Waals surface area contributed by atoms with Gasteiger partial charge < -0.3 is 10.2 Å². The van der Waals surface area contributed by atoms with E-state index < -0.39 is 0 Å². The molecule has 2 N–H and O–H groups in total. The van der Waals surface area contributed by atoms with Crippen LogP contribution < -0.4 is 10.2 Å². The van der Waals surface area contributed by atoms with Crippen LogP contribution in [0.25, 0.3) is 0 Å². The van der Waals surface area contributed by atoms with Crippen molar-refractivity contribution >= 4 is 33.8 Å². The van der Waals surface area contributed by atoms with Crippen LogP contribution in [0, 0.1) is 11.3 Å². The SMILES string of the molecule is C[NH+](CCC(=O)Nc1sc2c(c1C#N)CCCC2)Cc1ccc(Cl)cc1. The number of quaternary nitrogens is 1. The summed E-state index contributed by atoms with van der Waals surface area (Å²) in [5.41, 5.74) is 3.04. The largest absolute Gasteiger partial charge is 0.333 e. The molecule has 0 saturated carbocycles. The maximum Gasteiger partial charge on any atom is 0.230 e. The molecule has 1 aliphatic rings. The number of rotatable bonds is 6. The van der Waals surface area contributed by atoms with Crippen LogP contribution in [0.1, 0.15) is 40.8 Å². The summed E-state index contributed by atoms with van der Waals surface area (Å²) in [7, 11) is 2.08. The first kappa shape index (κ1) is 18.9. The van der Waals surface area contributed by atoms with Crippen LogP contribution in [0.15, 0.2) is 24.3 Å². The lowest BCUT2D eigenvalue weighted by atomic mass is 9.96. The number of benzene rings is 1. The molecule has 0 saturated heterocycles. The predicted molar refractivity (Wildman–Crippen MR) is 106 cm³/mol. The molecule has 1 unspecified atom stereocenters. The zero-order valence-corrected chi connectivity index (χ0v) is 16.5. The molecule has 0 fully saturated rings. The molecule has 0 spiro atoms. The third-order valence-electron chi connectivity index (χ3n) is 4.73. The molecule has 0 aliphatic heterocycles. The van der Waals surface area contributed by atoms with Gasteiger partial charge in [-0.15, -0.1) is 11.3 Å². The number of halogens is 1. The molecule has 1 aromatic heterocycles. The molecule has 0 bridgehead atoms. The van der Waals surface area contributed by atoms with E-state index in [9.17, 15) is 10.1 Å². The van der Waals surface area contributed by atoms with E-state index >= 15 is 0 Å². The Morgan fingerprint density at radius 3 is 2.77 bits per heavy atom. The van der Waals surface area contributed by atoms with Gasteiger partial charge in [-0.1, -0.05) is 23.7 Å². The topological polar surface area (TPSA) is 57.3 Å². The fourth-order valence-corrected chi connectivity index (χ4v) is 4.71. The van der Waals surface area contributed by atoms with Crippen molar-refractivity contribution in [1.29, 1.82) is 5.26 Å². The summed E-state index contributed by atoms with van der Waals surface area (Å²) in [6, 6.07) is 10.1. The number of nitriles is 1. The smallest absolute Gasteiger partial charge is 0.230 e. The molecular weight excluding hydrogens is 366 g/mol. The zero-order valence-electron chi connectivity index (χ0n) is 14.9. The van der Waals surface area contributed by atoms with Crippen molar-refractivity contribution in [3.8, 4) is 6.07 Å². The van der Waals surface area contributed by atoms with Gasteiger partial charge in [0.05, 0.1) is 25.6 Å². The molecule has 1 heterocycles. The summed E-state index contributed by atoms with van der Waals surface area (Å²) in [4.78, 5) is 14.9. The van der Waals surface area contributed by atoms with Crippen LogP contribution in [0.3, 0.4) is 0 Å². The summed E-state index contributed by atoms with van der Waals surface area (Å²) in [6.45, 7) is 1.59. The van der Waals surface area contributed by atoms with Crippen LogP contribution in [0.2, 0.25) is 5.02 Å². The summed E-state index contributed by atoms with van der Waals surface area (Å²) < 4.78 is 0. The first-order chi connectivity index (χ1) is 12.6. The van der Waals surface area contributed by atoms with Crippen molar-refractivity contribution in [3.05, 3.63) is 50.9 Å². The normalized spacial score (nSPS) is 14.3. The molecular formula is C20H23ClN3OS+. The van der Waals surface area contributed by atoms with Gasteiger partial charge in [-0.3, -0.25) is 4.79 Å². The van der Waals surface area contributed by atoms with Crippen molar-refractivity contribution in [2.45, 2.75) is 38.6 Å². The van der Waals surface area contributed by atoms with Crippen molar-refractivity contribution in [2.75, 3.05) is 18.9 Å². The lowest BCUT2D eigenvalue weighted by Gasteiger charge is -2.14. The maximum atomic E-state index is 12.4. The van der Waals surface area contributed by atoms with Gasteiger partial charge in [0.1, 0.15) is 17.6 Å². The minimum absolute atomic E-state index is 0.0180. The number of hydrogen-bond donors (Lipinski definition) is 2. The third kappa shape index (κ3) is 4.64. The van der Waals surface area contributed by atoms with Crippen molar-refractivity contribution in [1.82, 2.24) is 0 Å². The van der Waals surface area contributed by atoms with Gasteiger partial charge in [0.25, 0.3) is 0 Å². The highest BCUT2D eigenvalue weighted by Gasteiger charge is 2.22. The Hall–Kier alpha value is -1.87. The second-order valence-corrected chi connectivity index (χ2v) is 8.38. The summed E-state index contributed by atoms with van der Waals surface area (Å²) in [5, 5.41) is 13.9. The molecule has 26 heavy (non-hydrogen) atoms. The first-order valence-electron chi connectivity index (χ1n) is 8.97. The number of nitrogens with zero attached hydrogens (tertiary/aromatic N) is 1.